The van der Waals surface area contributed by atoms with Gasteiger partial charge in [-0.1, -0.05) is 15.9 Å². The van der Waals surface area contributed by atoms with Crippen molar-refractivity contribution in [2.45, 2.75) is 52.6 Å². The number of benzene rings is 1. The van der Waals surface area contributed by atoms with Gasteiger partial charge in [0.1, 0.15) is 11.1 Å². The van der Waals surface area contributed by atoms with E-state index in [1.807, 2.05) is 41.5 Å². The third-order valence-electron chi connectivity index (χ3n) is 3.02. The molecule has 1 N–H and O–H groups in total. The van der Waals surface area contributed by atoms with Gasteiger partial charge < -0.3 is 14.5 Å². The molecule has 0 aliphatic carbocycles. The summed E-state index contributed by atoms with van der Waals surface area (Å²) in [6.07, 6.45) is 0. The minimum atomic E-state index is -0.819. The molecule has 1 heterocycles. The van der Waals surface area contributed by atoms with E-state index in [1.165, 1.54) is 6.07 Å². The molecule has 0 amide bonds. The molecule has 0 aliphatic heterocycles. The predicted molar refractivity (Wildman–Crippen MR) is 106 cm³/mol. The molecule has 0 saturated heterocycles. The quantitative estimate of drug-likeness (QED) is 0.321. The van der Waals surface area contributed by atoms with E-state index in [4.69, 9.17) is 9.15 Å². The van der Waals surface area contributed by atoms with Gasteiger partial charge in [-0.15, -0.1) is 0 Å². The second kappa shape index (κ2) is 7.23. The Balaban J connectivity index is 2.40. The molecular formula is C19H23BrN2O4. The molecule has 0 spiro atoms. The fourth-order valence-electron chi connectivity index (χ4n) is 2.08. The minimum absolute atomic E-state index is 0.0590. The van der Waals surface area contributed by atoms with Crippen LogP contribution in [0.25, 0.3) is 11.0 Å². The minimum Gasteiger partial charge on any atom is -0.422 e. The van der Waals surface area contributed by atoms with Gasteiger partial charge >= 0.3 is 11.6 Å². The highest BCUT2D eigenvalue weighted by Crippen LogP contribution is 2.19. The van der Waals surface area contributed by atoms with Gasteiger partial charge in [0.05, 0.1) is 5.54 Å². The van der Waals surface area contributed by atoms with Crippen molar-refractivity contribution in [1.82, 2.24) is 5.32 Å². The third kappa shape index (κ3) is 5.69. The second-order valence-corrected chi connectivity index (χ2v) is 8.90. The number of rotatable bonds is 1. The van der Waals surface area contributed by atoms with Crippen LogP contribution in [0, 0.1) is 0 Å². The molecule has 7 heteroatoms. The van der Waals surface area contributed by atoms with Crippen LogP contribution in [0.3, 0.4) is 0 Å². The van der Waals surface area contributed by atoms with E-state index in [1.54, 1.807) is 18.2 Å². The summed E-state index contributed by atoms with van der Waals surface area (Å²) in [6.45, 7) is 11.4. The van der Waals surface area contributed by atoms with Gasteiger partial charge in [0.2, 0.25) is 0 Å². The summed E-state index contributed by atoms with van der Waals surface area (Å²) >= 11 is 3.35. The smallest absolute Gasteiger partial charge is 0.353 e. The molecule has 0 bridgehead atoms. The van der Waals surface area contributed by atoms with Gasteiger partial charge in [0.15, 0.2) is 0 Å². The largest absolute Gasteiger partial charge is 0.422 e. The van der Waals surface area contributed by atoms with Crippen LogP contribution in [0.5, 0.6) is 0 Å². The number of amidine groups is 1. The number of carbonyl (C=O) groups is 1. The Bertz CT molecular complexity index is 918. The Morgan fingerprint density at radius 1 is 1.15 bits per heavy atom. The number of carbonyl (C=O) groups excluding carboxylic acids is 1. The zero-order valence-corrected chi connectivity index (χ0v) is 17.4. The van der Waals surface area contributed by atoms with E-state index in [0.29, 0.717) is 11.0 Å². The molecular weight excluding hydrogens is 400 g/mol. The van der Waals surface area contributed by atoms with Crippen molar-refractivity contribution in [2.24, 2.45) is 4.99 Å². The molecule has 2 rings (SSSR count). The van der Waals surface area contributed by atoms with E-state index in [2.05, 4.69) is 26.2 Å². The molecule has 1 aromatic carbocycles. The van der Waals surface area contributed by atoms with E-state index in [0.717, 1.165) is 4.47 Å². The number of nitrogens with one attached hydrogen (secondary N) is 1. The fourth-order valence-corrected chi connectivity index (χ4v) is 2.46. The number of ether oxygens (including phenoxy) is 1. The summed E-state index contributed by atoms with van der Waals surface area (Å²) in [7, 11) is 0. The van der Waals surface area contributed by atoms with Gasteiger partial charge in [-0.25, -0.2) is 14.6 Å². The number of halogens is 1. The monoisotopic (exact) mass is 422 g/mol. The number of esters is 1. The average Bonchev–Trinajstić information content (AvgIpc) is 2.43. The van der Waals surface area contributed by atoms with Gasteiger partial charge in [-0.05, 0) is 65.8 Å². The van der Waals surface area contributed by atoms with Crippen molar-refractivity contribution < 1.29 is 13.9 Å². The van der Waals surface area contributed by atoms with Crippen molar-refractivity contribution in [3.63, 3.8) is 0 Å². The summed E-state index contributed by atoms with van der Waals surface area (Å²) < 4.78 is 11.4. The van der Waals surface area contributed by atoms with Gasteiger partial charge in [0, 0.05) is 15.4 Å². The average molecular weight is 423 g/mol. The zero-order chi connectivity index (χ0) is 19.7. The van der Waals surface area contributed by atoms with Crippen LogP contribution in [0.4, 0.5) is 0 Å². The molecule has 0 aliphatic rings. The SMILES string of the molecule is CC(C)(C)N=C(NC(C)(C)C)OC(=O)c1cc2cc(Br)ccc2oc1=O. The maximum atomic E-state index is 12.6. The lowest BCUT2D eigenvalue weighted by molar-refractivity contribution is 0.0698. The normalized spacial score (nSPS) is 13.0. The number of hydrogen-bond acceptors (Lipinski definition) is 5. The molecule has 0 radical (unpaired) electrons. The fraction of sp³-hybridized carbons (Fsp3) is 0.421. The summed E-state index contributed by atoms with van der Waals surface area (Å²) in [5.74, 6) is -0.819. The van der Waals surface area contributed by atoms with Crippen LogP contribution in [0.15, 0.2) is 42.9 Å². The highest BCUT2D eigenvalue weighted by molar-refractivity contribution is 9.10. The first-order valence-corrected chi connectivity index (χ1v) is 8.97. The highest BCUT2D eigenvalue weighted by Gasteiger charge is 2.23. The molecule has 26 heavy (non-hydrogen) atoms. The van der Waals surface area contributed by atoms with Crippen LogP contribution in [0.1, 0.15) is 51.9 Å². The van der Waals surface area contributed by atoms with Crippen molar-refractivity contribution in [3.8, 4) is 0 Å². The molecule has 0 unspecified atom stereocenters. The summed E-state index contributed by atoms with van der Waals surface area (Å²) in [6, 6.07) is 6.68. The number of nitrogens with zero attached hydrogens (tertiary/aromatic N) is 1. The third-order valence-corrected chi connectivity index (χ3v) is 3.52. The molecule has 0 fully saturated rings. The Kier molecular flexibility index (Phi) is 5.61. The molecule has 6 nitrogen and oxygen atoms in total. The molecule has 2 aromatic rings. The first-order chi connectivity index (χ1) is 11.8. The number of fused-ring (bicyclic) bond motifs is 1. The van der Waals surface area contributed by atoms with Crippen LogP contribution in [0.2, 0.25) is 0 Å². The zero-order valence-electron chi connectivity index (χ0n) is 15.8. The Morgan fingerprint density at radius 2 is 1.81 bits per heavy atom. The second-order valence-electron chi connectivity index (χ2n) is 7.98. The lowest BCUT2D eigenvalue weighted by atomic mass is 10.1. The Labute approximate surface area is 160 Å². The van der Waals surface area contributed by atoms with Gasteiger partial charge in [-0.2, -0.15) is 0 Å². The van der Waals surface area contributed by atoms with Crippen molar-refractivity contribution in [3.05, 3.63) is 44.7 Å². The van der Waals surface area contributed by atoms with Crippen molar-refractivity contribution in [2.75, 3.05) is 0 Å². The van der Waals surface area contributed by atoms with Gasteiger partial charge in [-0.3, -0.25) is 0 Å². The molecule has 0 atom stereocenters. The van der Waals surface area contributed by atoms with Crippen LogP contribution < -0.4 is 10.9 Å². The summed E-state index contributed by atoms with van der Waals surface area (Å²) in [5.41, 5.74) is -1.38. The maximum absolute atomic E-state index is 12.6. The lowest BCUT2D eigenvalue weighted by Gasteiger charge is -2.24. The standard InChI is InChI=1S/C19H23BrN2O4/c1-18(2,3)21-17(22-19(4,5)6)26-16(24)13-10-11-9-12(20)7-8-14(11)25-15(13)23/h7-10H,1-6H3,(H,21,22). The van der Waals surface area contributed by atoms with E-state index >= 15 is 0 Å². The molecule has 140 valence electrons. The van der Waals surface area contributed by atoms with Crippen LogP contribution in [-0.4, -0.2) is 23.1 Å². The van der Waals surface area contributed by atoms with Crippen LogP contribution >= 0.6 is 15.9 Å². The topological polar surface area (TPSA) is 80.9 Å². The Morgan fingerprint density at radius 3 is 2.38 bits per heavy atom. The maximum Gasteiger partial charge on any atom is 0.353 e. The molecule has 1 aromatic heterocycles. The van der Waals surface area contributed by atoms with Crippen molar-refractivity contribution in [1.29, 1.82) is 0 Å². The first-order valence-electron chi connectivity index (χ1n) is 8.18. The van der Waals surface area contributed by atoms with E-state index < -0.39 is 17.1 Å². The Hall–Kier alpha value is -2.15. The highest BCUT2D eigenvalue weighted by atomic mass is 79.9. The summed E-state index contributed by atoms with van der Waals surface area (Å²) in [5, 5.41) is 3.66. The van der Waals surface area contributed by atoms with E-state index in [9.17, 15) is 9.59 Å². The van der Waals surface area contributed by atoms with Crippen molar-refractivity contribution >= 4 is 38.9 Å². The summed E-state index contributed by atoms with van der Waals surface area (Å²) in [4.78, 5) is 29.1. The predicted octanol–water partition coefficient (Wildman–Crippen LogP) is 4.25. The van der Waals surface area contributed by atoms with Gasteiger partial charge in [0.25, 0.3) is 6.02 Å². The molecule has 0 saturated carbocycles. The number of aliphatic imine (C=N–C) groups is 1. The lowest BCUT2D eigenvalue weighted by Crippen LogP contribution is -2.44. The van der Waals surface area contributed by atoms with Crippen LogP contribution in [-0.2, 0) is 4.74 Å². The first kappa shape index (κ1) is 20.2. The van der Waals surface area contributed by atoms with E-state index in [-0.39, 0.29) is 17.1 Å². The number of hydrogen-bond donors (Lipinski definition) is 1.